The molecule has 3 aromatic heterocycles. The number of aryl methyl sites for hydroxylation is 2. The number of anilines is 2. The topological polar surface area (TPSA) is 58.9 Å². The number of nitrogens with one attached hydrogen (secondary N) is 1. The molecule has 6 nitrogen and oxygen atoms in total. The summed E-state index contributed by atoms with van der Waals surface area (Å²) >= 11 is 0. The molecule has 0 spiro atoms. The molecule has 3 aromatic rings. The number of aromatic nitrogens is 4. The van der Waals surface area contributed by atoms with Crippen molar-refractivity contribution in [2.45, 2.75) is 26.8 Å². The molecule has 0 atom stereocenters. The summed E-state index contributed by atoms with van der Waals surface area (Å²) in [7, 11) is 4.20. The van der Waals surface area contributed by atoms with E-state index >= 15 is 0 Å². The molecule has 0 saturated carbocycles. The van der Waals surface area contributed by atoms with Crippen molar-refractivity contribution >= 4 is 22.7 Å². The first-order chi connectivity index (χ1) is 11.6. The Hall–Kier alpha value is -2.47. The van der Waals surface area contributed by atoms with Crippen molar-refractivity contribution in [3.8, 4) is 0 Å². The second-order valence-electron chi connectivity index (χ2n) is 6.28. The quantitative estimate of drug-likeness (QED) is 0.755. The standard InChI is InChI=1S/C18H24N6/c1-13-14(2)24(11-7-10-23(3)4)18-16(13)17(20-12-21-18)22-15-8-5-6-9-19-15/h5-6,8-9,12H,7,10-11H2,1-4H3,(H,19,20,21,22). The van der Waals surface area contributed by atoms with Crippen LogP contribution in [0.3, 0.4) is 0 Å². The van der Waals surface area contributed by atoms with Crippen molar-refractivity contribution in [3.63, 3.8) is 0 Å². The Labute approximate surface area is 142 Å². The van der Waals surface area contributed by atoms with E-state index in [-0.39, 0.29) is 0 Å². The number of rotatable bonds is 6. The van der Waals surface area contributed by atoms with Crippen LogP contribution in [-0.4, -0.2) is 45.1 Å². The SMILES string of the molecule is Cc1c(C)n(CCCN(C)C)c2ncnc(Nc3ccccn3)c12. The summed E-state index contributed by atoms with van der Waals surface area (Å²) in [5, 5.41) is 4.39. The van der Waals surface area contributed by atoms with Crippen LogP contribution in [0.25, 0.3) is 11.0 Å². The first-order valence-corrected chi connectivity index (χ1v) is 8.21. The van der Waals surface area contributed by atoms with Crippen LogP contribution in [0.2, 0.25) is 0 Å². The zero-order valence-corrected chi connectivity index (χ0v) is 14.7. The van der Waals surface area contributed by atoms with Gasteiger partial charge in [0.25, 0.3) is 0 Å². The van der Waals surface area contributed by atoms with Gasteiger partial charge >= 0.3 is 0 Å². The fourth-order valence-corrected chi connectivity index (χ4v) is 2.94. The third kappa shape index (κ3) is 3.23. The Bertz CT molecular complexity index is 822. The molecule has 0 saturated heterocycles. The van der Waals surface area contributed by atoms with Gasteiger partial charge in [-0.3, -0.25) is 0 Å². The molecule has 0 aliphatic rings. The molecule has 0 radical (unpaired) electrons. The van der Waals surface area contributed by atoms with Crippen LogP contribution in [-0.2, 0) is 6.54 Å². The minimum atomic E-state index is 0.787. The van der Waals surface area contributed by atoms with E-state index in [2.05, 4.69) is 57.7 Å². The molecule has 6 heteroatoms. The second-order valence-corrected chi connectivity index (χ2v) is 6.28. The van der Waals surface area contributed by atoms with Crippen molar-refractivity contribution < 1.29 is 0 Å². The van der Waals surface area contributed by atoms with Gasteiger partial charge in [-0.1, -0.05) is 6.07 Å². The third-order valence-corrected chi connectivity index (χ3v) is 4.30. The van der Waals surface area contributed by atoms with Crippen LogP contribution in [0.1, 0.15) is 17.7 Å². The van der Waals surface area contributed by atoms with Crippen LogP contribution < -0.4 is 5.32 Å². The molecule has 0 unspecified atom stereocenters. The average molecular weight is 324 g/mol. The average Bonchev–Trinajstić information content (AvgIpc) is 2.81. The smallest absolute Gasteiger partial charge is 0.145 e. The molecule has 0 fully saturated rings. The lowest BCUT2D eigenvalue weighted by atomic mass is 10.2. The normalized spacial score (nSPS) is 11.4. The Balaban J connectivity index is 1.98. The predicted octanol–water partition coefficient (Wildman–Crippen LogP) is 3.14. The monoisotopic (exact) mass is 324 g/mol. The zero-order valence-electron chi connectivity index (χ0n) is 14.7. The fourth-order valence-electron chi connectivity index (χ4n) is 2.94. The molecule has 3 heterocycles. The zero-order chi connectivity index (χ0) is 17.1. The lowest BCUT2D eigenvalue weighted by Crippen LogP contribution is -2.15. The summed E-state index contributed by atoms with van der Waals surface area (Å²) < 4.78 is 2.29. The van der Waals surface area contributed by atoms with Crippen molar-refractivity contribution in [2.24, 2.45) is 0 Å². The molecule has 0 aromatic carbocycles. The van der Waals surface area contributed by atoms with Crippen molar-refractivity contribution in [2.75, 3.05) is 26.0 Å². The molecule has 126 valence electrons. The highest BCUT2D eigenvalue weighted by Crippen LogP contribution is 2.30. The highest BCUT2D eigenvalue weighted by molar-refractivity contribution is 5.93. The molecule has 0 bridgehead atoms. The van der Waals surface area contributed by atoms with Gasteiger partial charge in [0.1, 0.15) is 23.6 Å². The van der Waals surface area contributed by atoms with Crippen LogP contribution in [0.5, 0.6) is 0 Å². The molecular formula is C18H24N6. The van der Waals surface area contributed by atoms with Gasteiger partial charge in [0.05, 0.1) is 5.39 Å². The summed E-state index contributed by atoms with van der Waals surface area (Å²) in [6.45, 7) is 6.29. The van der Waals surface area contributed by atoms with Crippen LogP contribution in [0.15, 0.2) is 30.7 Å². The fraction of sp³-hybridized carbons (Fsp3) is 0.389. The van der Waals surface area contributed by atoms with E-state index in [0.29, 0.717) is 0 Å². The molecule has 0 amide bonds. The van der Waals surface area contributed by atoms with Gasteiger partial charge in [0.15, 0.2) is 0 Å². The Morgan fingerprint density at radius 3 is 2.67 bits per heavy atom. The molecule has 3 rings (SSSR count). The largest absolute Gasteiger partial charge is 0.329 e. The van der Waals surface area contributed by atoms with Gasteiger partial charge in [0, 0.05) is 18.4 Å². The van der Waals surface area contributed by atoms with E-state index in [9.17, 15) is 0 Å². The number of hydrogen-bond acceptors (Lipinski definition) is 5. The van der Waals surface area contributed by atoms with Crippen molar-refractivity contribution in [1.82, 2.24) is 24.4 Å². The van der Waals surface area contributed by atoms with Crippen LogP contribution in [0.4, 0.5) is 11.6 Å². The summed E-state index contributed by atoms with van der Waals surface area (Å²) in [6.07, 6.45) is 4.48. The van der Waals surface area contributed by atoms with Crippen LogP contribution in [0, 0.1) is 13.8 Å². The number of pyridine rings is 1. The molecule has 0 aliphatic heterocycles. The first kappa shape index (κ1) is 16.4. The van der Waals surface area contributed by atoms with Gasteiger partial charge in [-0.15, -0.1) is 0 Å². The molecular weight excluding hydrogens is 300 g/mol. The highest BCUT2D eigenvalue weighted by Gasteiger charge is 2.16. The van der Waals surface area contributed by atoms with Crippen molar-refractivity contribution in [3.05, 3.63) is 42.0 Å². The lowest BCUT2D eigenvalue weighted by Gasteiger charge is -2.12. The van der Waals surface area contributed by atoms with E-state index in [1.165, 1.54) is 11.3 Å². The third-order valence-electron chi connectivity index (χ3n) is 4.30. The maximum absolute atomic E-state index is 4.54. The second kappa shape index (κ2) is 6.97. The van der Waals surface area contributed by atoms with Crippen molar-refractivity contribution in [1.29, 1.82) is 0 Å². The van der Waals surface area contributed by atoms with Crippen LogP contribution >= 0.6 is 0 Å². The van der Waals surface area contributed by atoms with E-state index in [1.807, 2.05) is 18.2 Å². The van der Waals surface area contributed by atoms with E-state index in [1.54, 1.807) is 12.5 Å². The lowest BCUT2D eigenvalue weighted by molar-refractivity contribution is 0.387. The molecule has 0 aliphatic carbocycles. The maximum atomic E-state index is 4.54. The number of hydrogen-bond donors (Lipinski definition) is 1. The Morgan fingerprint density at radius 2 is 1.96 bits per heavy atom. The van der Waals surface area contributed by atoms with Gasteiger partial charge in [0.2, 0.25) is 0 Å². The predicted molar refractivity (Wildman–Crippen MR) is 97.7 cm³/mol. The Kier molecular flexibility index (Phi) is 4.76. The van der Waals surface area contributed by atoms with Gasteiger partial charge in [-0.2, -0.15) is 0 Å². The molecule has 1 N–H and O–H groups in total. The summed E-state index contributed by atoms with van der Waals surface area (Å²) in [6, 6.07) is 5.79. The molecule has 24 heavy (non-hydrogen) atoms. The highest BCUT2D eigenvalue weighted by atomic mass is 15.1. The van der Waals surface area contributed by atoms with Gasteiger partial charge < -0.3 is 14.8 Å². The van der Waals surface area contributed by atoms with Gasteiger partial charge in [-0.05, 0) is 58.6 Å². The maximum Gasteiger partial charge on any atom is 0.145 e. The summed E-state index contributed by atoms with van der Waals surface area (Å²) in [4.78, 5) is 15.5. The first-order valence-electron chi connectivity index (χ1n) is 8.21. The van der Waals surface area contributed by atoms with E-state index in [4.69, 9.17) is 0 Å². The van der Waals surface area contributed by atoms with E-state index in [0.717, 1.165) is 42.2 Å². The van der Waals surface area contributed by atoms with E-state index < -0.39 is 0 Å². The Morgan fingerprint density at radius 1 is 1.12 bits per heavy atom. The van der Waals surface area contributed by atoms with Gasteiger partial charge in [-0.25, -0.2) is 15.0 Å². The minimum absolute atomic E-state index is 0.787. The summed E-state index contributed by atoms with van der Waals surface area (Å²) in [5.74, 6) is 1.60. The number of fused-ring (bicyclic) bond motifs is 1. The summed E-state index contributed by atoms with van der Waals surface area (Å²) in [5.41, 5.74) is 3.44. The number of nitrogens with zero attached hydrogens (tertiary/aromatic N) is 5. The minimum Gasteiger partial charge on any atom is -0.329 e.